The van der Waals surface area contributed by atoms with E-state index in [9.17, 15) is 14.4 Å². The summed E-state index contributed by atoms with van der Waals surface area (Å²) in [6, 6.07) is 8.87. The zero-order valence-electron chi connectivity index (χ0n) is 17.4. The maximum absolute atomic E-state index is 13.0. The number of ether oxygens (including phenoxy) is 2. The van der Waals surface area contributed by atoms with Gasteiger partial charge >= 0.3 is 0 Å². The summed E-state index contributed by atoms with van der Waals surface area (Å²) in [4.78, 5) is 42.2. The number of halogens is 1. The fraction of sp³-hybridized carbons (Fsp3) is 0.333. The number of thioether (sulfide) groups is 1. The number of nitrogens with zero attached hydrogens (tertiary/aromatic N) is 2. The van der Waals surface area contributed by atoms with Gasteiger partial charge in [0.05, 0.1) is 21.8 Å². The molecule has 9 nitrogen and oxygen atoms in total. The fourth-order valence-electron chi connectivity index (χ4n) is 3.16. The molecule has 0 spiro atoms. The summed E-state index contributed by atoms with van der Waals surface area (Å²) < 4.78 is 13.2. The van der Waals surface area contributed by atoms with Crippen LogP contribution in [0.4, 0.5) is 0 Å². The number of nitrogens with one attached hydrogen (secondary N) is 2. The fourth-order valence-corrected chi connectivity index (χ4v) is 5.11. The minimum Gasteiger partial charge on any atom is -0.483 e. The zero-order valence-corrected chi connectivity index (χ0v) is 20.6. The van der Waals surface area contributed by atoms with Crippen LogP contribution in [0, 0.1) is 0 Å². The summed E-state index contributed by atoms with van der Waals surface area (Å²) in [5.41, 5.74) is 2.65. The predicted octanol–water partition coefficient (Wildman–Crippen LogP) is 2.76. The molecule has 33 heavy (non-hydrogen) atoms. The van der Waals surface area contributed by atoms with Crippen molar-refractivity contribution in [1.29, 1.82) is 0 Å². The van der Waals surface area contributed by atoms with Gasteiger partial charge in [-0.3, -0.25) is 19.8 Å². The minimum absolute atomic E-state index is 0.0398. The van der Waals surface area contributed by atoms with E-state index in [0.717, 1.165) is 35.9 Å². The van der Waals surface area contributed by atoms with Gasteiger partial charge < -0.3 is 14.8 Å². The lowest BCUT2D eigenvalue weighted by Gasteiger charge is -2.14. The first-order valence-corrected chi connectivity index (χ1v) is 12.9. The first-order chi connectivity index (χ1) is 16.0. The van der Waals surface area contributed by atoms with Gasteiger partial charge in [-0.05, 0) is 52.4 Å². The second-order valence-corrected chi connectivity index (χ2v) is 9.86. The Morgan fingerprint density at radius 2 is 2.15 bits per heavy atom. The number of carbonyl (C=O) groups excluding carboxylic acids is 2. The van der Waals surface area contributed by atoms with Crippen LogP contribution >= 0.6 is 39.0 Å². The Morgan fingerprint density at radius 3 is 2.94 bits per heavy atom. The van der Waals surface area contributed by atoms with Crippen molar-refractivity contribution in [1.82, 2.24) is 15.0 Å². The Balaban J connectivity index is 1.43. The number of hydrogen-bond donors (Lipinski definition) is 2. The molecule has 1 saturated heterocycles. The maximum atomic E-state index is 13.0. The van der Waals surface area contributed by atoms with Gasteiger partial charge in [0.2, 0.25) is 5.91 Å². The van der Waals surface area contributed by atoms with Crippen LogP contribution in [0.25, 0.3) is 10.2 Å². The van der Waals surface area contributed by atoms with Gasteiger partial charge in [-0.15, -0.1) is 11.3 Å². The largest absolute Gasteiger partial charge is 0.483 e. The molecule has 0 saturated carbocycles. The molecule has 12 heteroatoms. The molecule has 0 bridgehead atoms. The van der Waals surface area contributed by atoms with Crippen LogP contribution in [0.2, 0.25) is 0 Å². The standard InChI is InChI=1S/C21H21BrN4O5S2/c22-14-5-1-2-6-16(14)31-11-17(27)25-26-20(29)19-15(7-9-32-19)24-21(26)33-12-18(28)23-10-13-4-3-8-30-13/h1-2,5-7,9,13H,3-4,8,10-12H2,(H,23,28)(H,25,27). The van der Waals surface area contributed by atoms with Crippen molar-refractivity contribution in [3.05, 3.63) is 50.5 Å². The van der Waals surface area contributed by atoms with Crippen LogP contribution in [-0.4, -0.2) is 53.1 Å². The molecule has 3 heterocycles. The summed E-state index contributed by atoms with van der Waals surface area (Å²) >= 11 is 5.66. The molecule has 0 radical (unpaired) electrons. The van der Waals surface area contributed by atoms with Gasteiger partial charge in [0.25, 0.3) is 11.5 Å². The van der Waals surface area contributed by atoms with Crippen LogP contribution in [-0.2, 0) is 14.3 Å². The van der Waals surface area contributed by atoms with Crippen molar-refractivity contribution in [3.63, 3.8) is 0 Å². The summed E-state index contributed by atoms with van der Waals surface area (Å²) in [7, 11) is 0. The van der Waals surface area contributed by atoms with Crippen molar-refractivity contribution in [2.24, 2.45) is 0 Å². The van der Waals surface area contributed by atoms with Crippen molar-refractivity contribution >= 4 is 61.1 Å². The minimum atomic E-state index is -0.532. The first-order valence-electron chi connectivity index (χ1n) is 10.2. The van der Waals surface area contributed by atoms with Crippen molar-refractivity contribution in [2.75, 3.05) is 30.9 Å². The predicted molar refractivity (Wildman–Crippen MR) is 131 cm³/mol. The van der Waals surface area contributed by atoms with Crippen molar-refractivity contribution in [3.8, 4) is 5.75 Å². The van der Waals surface area contributed by atoms with Gasteiger partial charge in [-0.1, -0.05) is 23.9 Å². The summed E-state index contributed by atoms with van der Waals surface area (Å²) in [6.07, 6.45) is 1.97. The lowest BCUT2D eigenvalue weighted by Crippen LogP contribution is -2.37. The summed E-state index contributed by atoms with van der Waals surface area (Å²) in [6.45, 7) is 0.868. The van der Waals surface area contributed by atoms with Crippen LogP contribution < -0.4 is 21.0 Å². The molecule has 1 atom stereocenters. The van der Waals surface area contributed by atoms with E-state index in [1.165, 1.54) is 11.3 Å². The number of thiophene rings is 1. The summed E-state index contributed by atoms with van der Waals surface area (Å²) in [5, 5.41) is 4.81. The van der Waals surface area contributed by atoms with E-state index in [4.69, 9.17) is 9.47 Å². The van der Waals surface area contributed by atoms with Gasteiger partial charge in [-0.25, -0.2) is 4.98 Å². The Bertz CT molecular complexity index is 1210. The molecule has 1 fully saturated rings. The number of amides is 2. The molecule has 2 amide bonds. The van der Waals surface area contributed by atoms with Crippen LogP contribution in [0.3, 0.4) is 0 Å². The third-order valence-electron chi connectivity index (χ3n) is 4.76. The van der Waals surface area contributed by atoms with E-state index in [-0.39, 0.29) is 29.5 Å². The average Bonchev–Trinajstić information content (AvgIpc) is 3.50. The van der Waals surface area contributed by atoms with E-state index in [1.54, 1.807) is 29.6 Å². The van der Waals surface area contributed by atoms with E-state index in [1.807, 2.05) is 6.07 Å². The molecule has 1 aromatic carbocycles. The monoisotopic (exact) mass is 552 g/mol. The second-order valence-electron chi connectivity index (χ2n) is 7.15. The third kappa shape index (κ3) is 6.14. The highest BCUT2D eigenvalue weighted by atomic mass is 79.9. The number of carbonyl (C=O) groups is 2. The van der Waals surface area contributed by atoms with E-state index in [2.05, 4.69) is 31.7 Å². The molecule has 3 aromatic rings. The highest BCUT2D eigenvalue weighted by molar-refractivity contribution is 9.10. The van der Waals surface area contributed by atoms with Crippen LogP contribution in [0.15, 0.2) is 50.1 Å². The average molecular weight is 553 g/mol. The molecule has 1 aliphatic rings. The molecule has 0 aliphatic carbocycles. The van der Waals surface area contributed by atoms with Crippen LogP contribution in [0.1, 0.15) is 12.8 Å². The number of fused-ring (bicyclic) bond motifs is 1. The summed E-state index contributed by atoms with van der Waals surface area (Å²) in [5.74, 6) is -0.192. The number of benzene rings is 1. The molecule has 4 rings (SSSR count). The smallest absolute Gasteiger partial charge is 0.291 e. The van der Waals surface area contributed by atoms with E-state index < -0.39 is 11.5 Å². The Morgan fingerprint density at radius 1 is 1.30 bits per heavy atom. The lowest BCUT2D eigenvalue weighted by molar-refractivity contribution is -0.119. The molecule has 1 aliphatic heterocycles. The van der Waals surface area contributed by atoms with E-state index in [0.29, 0.717) is 27.0 Å². The topological polar surface area (TPSA) is 112 Å². The van der Waals surface area contributed by atoms with Gasteiger partial charge in [0.1, 0.15) is 10.4 Å². The second kappa shape index (κ2) is 11.1. The molecule has 1 unspecified atom stereocenters. The molecule has 174 valence electrons. The highest BCUT2D eigenvalue weighted by Crippen LogP contribution is 2.24. The quantitative estimate of drug-likeness (QED) is 0.310. The SMILES string of the molecule is O=C(CSc1nc2ccsc2c(=O)n1NC(=O)COc1ccccc1Br)NCC1CCCO1. The molecule has 2 aromatic heterocycles. The number of rotatable bonds is 9. The number of aromatic nitrogens is 2. The van der Waals surface area contributed by atoms with Crippen LogP contribution in [0.5, 0.6) is 5.75 Å². The number of para-hydroxylation sites is 1. The van der Waals surface area contributed by atoms with E-state index >= 15 is 0 Å². The maximum Gasteiger partial charge on any atom is 0.291 e. The van der Waals surface area contributed by atoms with Gasteiger partial charge in [0, 0.05) is 13.2 Å². The number of hydrogen-bond acceptors (Lipinski definition) is 8. The lowest BCUT2D eigenvalue weighted by atomic mass is 10.2. The van der Waals surface area contributed by atoms with Gasteiger partial charge in [-0.2, -0.15) is 4.68 Å². The first kappa shape index (κ1) is 23.7. The zero-order chi connectivity index (χ0) is 23.2. The van der Waals surface area contributed by atoms with Crippen molar-refractivity contribution < 1.29 is 19.1 Å². The molecular formula is C21H21BrN4O5S2. The Hall–Kier alpha value is -2.41. The molecular weight excluding hydrogens is 532 g/mol. The Kier molecular flexibility index (Phi) is 8.02. The third-order valence-corrected chi connectivity index (χ3v) is 7.25. The highest BCUT2D eigenvalue weighted by Gasteiger charge is 2.19. The molecule has 2 N–H and O–H groups in total. The van der Waals surface area contributed by atoms with Gasteiger partial charge in [0.15, 0.2) is 11.8 Å². The normalized spacial score (nSPS) is 15.5. The van der Waals surface area contributed by atoms with Crippen molar-refractivity contribution in [2.45, 2.75) is 24.1 Å². The Labute approximate surface area is 206 Å².